The molecule has 1 aliphatic heterocycles. The number of hydrogen-bond donors (Lipinski definition) is 0. The standard InChI is InChI=1S/C20H21Cl2NO2/c21-18-7-6-16(12-19(18)22)13-20(24)23-10-8-15(9-11-23)14-25-17-4-2-1-3-5-17/h1-7,12,15H,8-11,13-14H2. The first-order valence-electron chi connectivity index (χ1n) is 8.51. The number of ether oxygens (including phenoxy) is 1. The first-order chi connectivity index (χ1) is 12.1. The van der Waals surface area contributed by atoms with Gasteiger partial charge in [0.25, 0.3) is 0 Å². The van der Waals surface area contributed by atoms with Crippen molar-refractivity contribution in [3.63, 3.8) is 0 Å². The second-order valence-electron chi connectivity index (χ2n) is 6.37. The molecule has 1 fully saturated rings. The molecule has 0 N–H and O–H groups in total. The van der Waals surface area contributed by atoms with Gasteiger partial charge in [0, 0.05) is 13.1 Å². The van der Waals surface area contributed by atoms with Gasteiger partial charge in [0.05, 0.1) is 23.1 Å². The summed E-state index contributed by atoms with van der Waals surface area (Å²) in [7, 11) is 0. The van der Waals surface area contributed by atoms with E-state index in [-0.39, 0.29) is 5.91 Å². The maximum absolute atomic E-state index is 12.5. The maximum atomic E-state index is 12.5. The molecule has 5 heteroatoms. The molecule has 1 amide bonds. The smallest absolute Gasteiger partial charge is 0.226 e. The lowest BCUT2D eigenvalue weighted by atomic mass is 9.97. The van der Waals surface area contributed by atoms with E-state index in [4.69, 9.17) is 27.9 Å². The molecule has 1 heterocycles. The summed E-state index contributed by atoms with van der Waals surface area (Å²) < 4.78 is 5.83. The van der Waals surface area contributed by atoms with Crippen LogP contribution >= 0.6 is 23.2 Å². The number of likely N-dealkylation sites (tertiary alicyclic amines) is 1. The van der Waals surface area contributed by atoms with E-state index in [1.165, 1.54) is 0 Å². The van der Waals surface area contributed by atoms with Crippen LogP contribution in [0.15, 0.2) is 48.5 Å². The Morgan fingerprint density at radius 1 is 1.04 bits per heavy atom. The molecular formula is C20H21Cl2NO2. The van der Waals surface area contributed by atoms with Gasteiger partial charge in [-0.3, -0.25) is 4.79 Å². The third-order valence-corrected chi connectivity index (χ3v) is 5.27. The molecule has 0 atom stereocenters. The number of rotatable bonds is 5. The van der Waals surface area contributed by atoms with Gasteiger partial charge in [-0.05, 0) is 48.6 Å². The normalized spacial score (nSPS) is 15.2. The molecule has 0 spiro atoms. The Morgan fingerprint density at radius 3 is 2.44 bits per heavy atom. The second kappa shape index (κ2) is 8.59. The highest BCUT2D eigenvalue weighted by Gasteiger charge is 2.23. The van der Waals surface area contributed by atoms with Crippen LogP contribution in [0.3, 0.4) is 0 Å². The van der Waals surface area contributed by atoms with Gasteiger partial charge in [-0.2, -0.15) is 0 Å². The van der Waals surface area contributed by atoms with Gasteiger partial charge in [0.15, 0.2) is 0 Å². The number of benzene rings is 2. The fourth-order valence-electron chi connectivity index (χ4n) is 3.02. The monoisotopic (exact) mass is 377 g/mol. The average Bonchev–Trinajstić information content (AvgIpc) is 2.64. The average molecular weight is 378 g/mol. The van der Waals surface area contributed by atoms with Gasteiger partial charge in [0.1, 0.15) is 5.75 Å². The van der Waals surface area contributed by atoms with Crippen LogP contribution in [0.25, 0.3) is 0 Å². The van der Waals surface area contributed by atoms with E-state index in [0.29, 0.717) is 29.0 Å². The lowest BCUT2D eigenvalue weighted by Gasteiger charge is -2.32. The molecule has 3 nitrogen and oxygen atoms in total. The largest absolute Gasteiger partial charge is 0.493 e. The predicted molar refractivity (Wildman–Crippen MR) is 101 cm³/mol. The van der Waals surface area contributed by atoms with Gasteiger partial charge in [-0.15, -0.1) is 0 Å². The van der Waals surface area contributed by atoms with Crippen molar-refractivity contribution in [3.05, 3.63) is 64.1 Å². The van der Waals surface area contributed by atoms with Gasteiger partial charge >= 0.3 is 0 Å². The second-order valence-corrected chi connectivity index (χ2v) is 7.19. The third-order valence-electron chi connectivity index (χ3n) is 4.54. The lowest BCUT2D eigenvalue weighted by molar-refractivity contribution is -0.132. The number of carbonyl (C=O) groups excluding carboxylic acids is 1. The Morgan fingerprint density at radius 2 is 1.76 bits per heavy atom. The minimum atomic E-state index is 0.140. The zero-order valence-electron chi connectivity index (χ0n) is 14.0. The van der Waals surface area contributed by atoms with Crippen molar-refractivity contribution < 1.29 is 9.53 Å². The van der Waals surface area contributed by atoms with E-state index < -0.39 is 0 Å². The van der Waals surface area contributed by atoms with E-state index in [2.05, 4.69) is 0 Å². The fourth-order valence-corrected chi connectivity index (χ4v) is 3.34. The number of halogens is 2. The number of para-hydroxylation sites is 1. The van der Waals surface area contributed by atoms with E-state index in [1.54, 1.807) is 12.1 Å². The zero-order valence-corrected chi connectivity index (χ0v) is 15.5. The molecule has 1 saturated heterocycles. The number of hydrogen-bond acceptors (Lipinski definition) is 2. The first kappa shape index (κ1) is 18.1. The Hall–Kier alpha value is -1.71. The molecule has 0 radical (unpaired) electrons. The van der Waals surface area contributed by atoms with Crippen LogP contribution in [-0.4, -0.2) is 30.5 Å². The molecule has 0 saturated carbocycles. The van der Waals surface area contributed by atoms with Gasteiger partial charge in [-0.25, -0.2) is 0 Å². The quantitative estimate of drug-likeness (QED) is 0.744. The van der Waals surface area contributed by atoms with Crippen LogP contribution in [0.1, 0.15) is 18.4 Å². The molecule has 3 rings (SSSR count). The van der Waals surface area contributed by atoms with Crippen LogP contribution in [0, 0.1) is 5.92 Å². The summed E-state index contributed by atoms with van der Waals surface area (Å²) in [6.07, 6.45) is 2.31. The molecule has 0 aromatic heterocycles. The topological polar surface area (TPSA) is 29.5 Å². The number of amides is 1. The van der Waals surface area contributed by atoms with Crippen LogP contribution < -0.4 is 4.74 Å². The van der Waals surface area contributed by atoms with E-state index in [0.717, 1.165) is 37.2 Å². The summed E-state index contributed by atoms with van der Waals surface area (Å²) >= 11 is 11.9. The summed E-state index contributed by atoms with van der Waals surface area (Å²) in [5.41, 5.74) is 0.897. The molecule has 2 aromatic rings. The van der Waals surface area contributed by atoms with Crippen molar-refractivity contribution in [2.45, 2.75) is 19.3 Å². The van der Waals surface area contributed by atoms with Gasteiger partial charge in [-0.1, -0.05) is 47.5 Å². The molecule has 2 aromatic carbocycles. The summed E-state index contributed by atoms with van der Waals surface area (Å²) in [4.78, 5) is 14.4. The maximum Gasteiger partial charge on any atom is 0.226 e. The molecule has 1 aliphatic rings. The highest BCUT2D eigenvalue weighted by atomic mass is 35.5. The lowest BCUT2D eigenvalue weighted by Crippen LogP contribution is -2.40. The Bertz CT molecular complexity index is 713. The highest BCUT2D eigenvalue weighted by molar-refractivity contribution is 6.42. The van der Waals surface area contributed by atoms with E-state index in [1.807, 2.05) is 41.3 Å². The molecule has 132 valence electrons. The van der Waals surface area contributed by atoms with Crippen molar-refractivity contribution in [3.8, 4) is 5.75 Å². The Labute approximate surface area is 158 Å². The Kier molecular flexibility index (Phi) is 6.22. The Balaban J connectivity index is 1.45. The van der Waals surface area contributed by atoms with E-state index in [9.17, 15) is 4.79 Å². The summed E-state index contributed by atoms with van der Waals surface area (Å²) in [5, 5.41) is 1.00. The van der Waals surface area contributed by atoms with Crippen LogP contribution in [0.5, 0.6) is 5.75 Å². The fraction of sp³-hybridized carbons (Fsp3) is 0.350. The number of piperidine rings is 1. The summed E-state index contributed by atoms with van der Waals surface area (Å²) in [6, 6.07) is 15.2. The first-order valence-corrected chi connectivity index (χ1v) is 9.27. The molecule has 0 bridgehead atoms. The van der Waals surface area contributed by atoms with Gasteiger partial charge < -0.3 is 9.64 Å². The van der Waals surface area contributed by atoms with Crippen molar-refractivity contribution in [1.82, 2.24) is 4.90 Å². The molecule has 0 aliphatic carbocycles. The van der Waals surface area contributed by atoms with Crippen LogP contribution in [0.2, 0.25) is 10.0 Å². The van der Waals surface area contributed by atoms with Crippen molar-refractivity contribution in [2.75, 3.05) is 19.7 Å². The van der Waals surface area contributed by atoms with Crippen molar-refractivity contribution in [2.24, 2.45) is 5.92 Å². The van der Waals surface area contributed by atoms with Crippen molar-refractivity contribution in [1.29, 1.82) is 0 Å². The predicted octanol–water partition coefficient (Wildman–Crippen LogP) is 4.85. The highest BCUT2D eigenvalue weighted by Crippen LogP contribution is 2.24. The third kappa shape index (κ3) is 5.13. The number of nitrogens with zero attached hydrogens (tertiary/aromatic N) is 1. The van der Waals surface area contributed by atoms with E-state index >= 15 is 0 Å². The van der Waals surface area contributed by atoms with Crippen LogP contribution in [-0.2, 0) is 11.2 Å². The minimum Gasteiger partial charge on any atom is -0.493 e. The van der Waals surface area contributed by atoms with Crippen LogP contribution in [0.4, 0.5) is 0 Å². The summed E-state index contributed by atoms with van der Waals surface area (Å²) in [5.74, 6) is 1.54. The molecular weight excluding hydrogens is 357 g/mol. The van der Waals surface area contributed by atoms with Gasteiger partial charge in [0.2, 0.25) is 5.91 Å². The minimum absolute atomic E-state index is 0.140. The summed E-state index contributed by atoms with van der Waals surface area (Å²) in [6.45, 7) is 2.27. The molecule has 25 heavy (non-hydrogen) atoms. The van der Waals surface area contributed by atoms with Crippen molar-refractivity contribution >= 4 is 29.1 Å². The molecule has 0 unspecified atom stereocenters. The SMILES string of the molecule is O=C(Cc1ccc(Cl)c(Cl)c1)N1CCC(COc2ccccc2)CC1. The number of carbonyl (C=O) groups is 1. The zero-order chi connectivity index (χ0) is 17.6.